The predicted molar refractivity (Wildman–Crippen MR) is 142 cm³/mol. The van der Waals surface area contributed by atoms with E-state index in [0.717, 1.165) is 42.1 Å². The second-order valence-corrected chi connectivity index (χ2v) is 10.7. The minimum Gasteiger partial charge on any atom is -0.497 e. The quantitative estimate of drug-likeness (QED) is 0.120. The van der Waals surface area contributed by atoms with E-state index in [1.807, 2.05) is 30.3 Å². The van der Waals surface area contributed by atoms with Crippen molar-refractivity contribution in [3.63, 3.8) is 0 Å². The van der Waals surface area contributed by atoms with Gasteiger partial charge >= 0.3 is 6.18 Å². The molecular formula is C28H20F5N3OS2. The summed E-state index contributed by atoms with van der Waals surface area (Å²) in [6, 6.07) is 20.1. The Morgan fingerprint density at radius 1 is 0.769 bits per heavy atom. The summed E-state index contributed by atoms with van der Waals surface area (Å²) >= 11 is 2.16. The van der Waals surface area contributed by atoms with Crippen molar-refractivity contribution in [3.8, 4) is 17.0 Å². The first-order chi connectivity index (χ1) is 18.5. The molecule has 2 heterocycles. The number of nitrogens with zero attached hydrogens (tertiary/aromatic N) is 2. The Morgan fingerprint density at radius 3 is 2.05 bits per heavy atom. The molecule has 0 bridgehead atoms. The minimum atomic E-state index is -4.48. The highest BCUT2D eigenvalue weighted by Gasteiger charge is 2.30. The van der Waals surface area contributed by atoms with Gasteiger partial charge in [0, 0.05) is 28.0 Å². The monoisotopic (exact) mass is 573 g/mol. The number of ether oxygens (including phenoxy) is 1. The van der Waals surface area contributed by atoms with Crippen molar-refractivity contribution in [1.82, 2.24) is 15.0 Å². The molecular weight excluding hydrogens is 553 g/mol. The van der Waals surface area contributed by atoms with Gasteiger partial charge in [-0.3, -0.25) is 0 Å². The number of aromatic nitrogens is 3. The molecule has 4 nitrogen and oxygen atoms in total. The first kappa shape index (κ1) is 27.0. The number of hydrogen-bond donors (Lipinski definition) is 1. The fraction of sp³-hybridized carbons (Fsp3) is 0.143. The maximum absolute atomic E-state index is 14.0. The lowest BCUT2D eigenvalue weighted by Gasteiger charge is -2.12. The Labute approximate surface area is 229 Å². The number of H-pyrrole nitrogens is 1. The lowest BCUT2D eigenvalue weighted by molar-refractivity contribution is -0.137. The van der Waals surface area contributed by atoms with Crippen LogP contribution in [0.25, 0.3) is 22.3 Å². The topological polar surface area (TPSA) is 50.8 Å². The molecule has 200 valence electrons. The van der Waals surface area contributed by atoms with Gasteiger partial charge in [-0.25, -0.2) is 18.7 Å². The third kappa shape index (κ3) is 6.20. The third-order valence-corrected chi connectivity index (χ3v) is 7.61. The summed E-state index contributed by atoms with van der Waals surface area (Å²) < 4.78 is 72.9. The van der Waals surface area contributed by atoms with Crippen LogP contribution < -0.4 is 4.74 Å². The number of halogens is 5. The van der Waals surface area contributed by atoms with Crippen molar-refractivity contribution in [2.24, 2.45) is 0 Å². The number of alkyl halides is 5. The number of methoxy groups -OCH3 is 1. The van der Waals surface area contributed by atoms with Gasteiger partial charge in [0.15, 0.2) is 5.16 Å². The van der Waals surface area contributed by atoms with E-state index in [0.29, 0.717) is 31.6 Å². The third-order valence-electron chi connectivity index (χ3n) is 5.76. The van der Waals surface area contributed by atoms with E-state index < -0.39 is 17.7 Å². The van der Waals surface area contributed by atoms with Crippen LogP contribution in [0.5, 0.6) is 5.75 Å². The maximum atomic E-state index is 14.0. The average Bonchev–Trinajstić information content (AvgIpc) is 3.33. The molecule has 0 fully saturated rings. The molecule has 39 heavy (non-hydrogen) atoms. The van der Waals surface area contributed by atoms with Crippen molar-refractivity contribution < 1.29 is 26.7 Å². The zero-order valence-electron chi connectivity index (χ0n) is 20.5. The molecule has 0 amide bonds. The Morgan fingerprint density at radius 2 is 1.41 bits per heavy atom. The van der Waals surface area contributed by atoms with E-state index >= 15 is 0 Å². The van der Waals surface area contributed by atoms with Gasteiger partial charge in [-0.15, -0.1) is 0 Å². The highest BCUT2D eigenvalue weighted by molar-refractivity contribution is 8.00. The zero-order chi connectivity index (χ0) is 27.8. The molecule has 0 atom stereocenters. The smallest absolute Gasteiger partial charge is 0.416 e. The molecule has 0 radical (unpaired) electrons. The molecule has 5 rings (SSSR count). The normalized spacial score (nSPS) is 12.2. The Balaban J connectivity index is 1.58. The summed E-state index contributed by atoms with van der Waals surface area (Å²) in [7, 11) is 1.57. The molecule has 0 spiro atoms. The second kappa shape index (κ2) is 10.5. The first-order valence-electron chi connectivity index (χ1n) is 11.6. The van der Waals surface area contributed by atoms with Gasteiger partial charge in [0.25, 0.3) is 5.92 Å². The van der Waals surface area contributed by atoms with Crippen molar-refractivity contribution in [2.45, 2.75) is 39.0 Å². The standard InChI is InChI=1S/C28H20F5N3OS2/c1-27(29,30)17-5-3-7-20(13-17)38-25-22-15-23(16-9-11-19(37-2)12-10-16)34-24(22)35-26(36-25)39-21-8-4-6-18(14-21)28(31,32)33/h3-15H,1-2H3,(H,34,35,36). The van der Waals surface area contributed by atoms with Crippen LogP contribution in [-0.2, 0) is 12.1 Å². The van der Waals surface area contributed by atoms with Gasteiger partial charge in [0.2, 0.25) is 0 Å². The summed E-state index contributed by atoms with van der Waals surface area (Å²) in [6.45, 7) is 0.830. The molecule has 0 saturated heterocycles. The number of hydrogen-bond acceptors (Lipinski definition) is 5. The van der Waals surface area contributed by atoms with Gasteiger partial charge in [-0.05, 0) is 78.0 Å². The molecule has 11 heteroatoms. The van der Waals surface area contributed by atoms with Gasteiger partial charge in [0.1, 0.15) is 16.4 Å². The molecule has 0 saturated carbocycles. The van der Waals surface area contributed by atoms with Crippen LogP contribution in [0.1, 0.15) is 18.1 Å². The molecule has 2 aromatic heterocycles. The van der Waals surface area contributed by atoms with Gasteiger partial charge in [-0.1, -0.05) is 30.0 Å². The van der Waals surface area contributed by atoms with Crippen LogP contribution in [0.4, 0.5) is 22.0 Å². The van der Waals surface area contributed by atoms with E-state index in [2.05, 4.69) is 15.0 Å². The van der Waals surface area contributed by atoms with Crippen LogP contribution >= 0.6 is 23.5 Å². The average molecular weight is 574 g/mol. The number of rotatable bonds is 7. The molecule has 5 aromatic rings. The van der Waals surface area contributed by atoms with E-state index in [9.17, 15) is 22.0 Å². The van der Waals surface area contributed by atoms with E-state index in [1.54, 1.807) is 25.3 Å². The zero-order valence-corrected chi connectivity index (χ0v) is 22.1. The fourth-order valence-electron chi connectivity index (χ4n) is 3.80. The van der Waals surface area contributed by atoms with Gasteiger partial charge < -0.3 is 9.72 Å². The van der Waals surface area contributed by atoms with Crippen LogP contribution in [0, 0.1) is 0 Å². The SMILES string of the molecule is COc1ccc(-c2cc3c(Sc4cccc(C(C)(F)F)c4)nc(Sc4cccc(C(F)(F)F)c4)nc3[nH]2)cc1. The molecule has 0 aliphatic carbocycles. The Bertz CT molecular complexity index is 1630. The fourth-order valence-corrected chi connectivity index (χ4v) is 5.63. The maximum Gasteiger partial charge on any atom is 0.416 e. The minimum absolute atomic E-state index is 0.135. The Hall–Kier alpha value is -3.57. The van der Waals surface area contributed by atoms with E-state index in [4.69, 9.17) is 4.74 Å². The number of benzene rings is 3. The van der Waals surface area contributed by atoms with Crippen molar-refractivity contribution in [3.05, 3.63) is 90.0 Å². The predicted octanol–water partition coefficient (Wildman–Crippen LogP) is 9.07. The van der Waals surface area contributed by atoms with E-state index in [-0.39, 0.29) is 10.7 Å². The van der Waals surface area contributed by atoms with E-state index in [1.165, 1.54) is 30.0 Å². The Kier molecular flexibility index (Phi) is 7.30. The lowest BCUT2D eigenvalue weighted by Crippen LogP contribution is -2.06. The van der Waals surface area contributed by atoms with Crippen LogP contribution in [0.15, 0.2) is 98.8 Å². The summed E-state index contributed by atoms with van der Waals surface area (Å²) in [4.78, 5) is 13.3. The molecule has 0 aliphatic heterocycles. The molecule has 1 N–H and O–H groups in total. The number of nitrogens with one attached hydrogen (secondary N) is 1. The van der Waals surface area contributed by atoms with Crippen molar-refractivity contribution in [2.75, 3.05) is 7.11 Å². The number of fused-ring (bicyclic) bond motifs is 1. The van der Waals surface area contributed by atoms with Crippen molar-refractivity contribution in [1.29, 1.82) is 0 Å². The summed E-state index contributed by atoms with van der Waals surface area (Å²) in [5, 5.41) is 1.33. The second-order valence-electron chi connectivity index (χ2n) is 8.63. The van der Waals surface area contributed by atoms with Crippen molar-refractivity contribution >= 4 is 34.6 Å². The van der Waals surface area contributed by atoms with Crippen LogP contribution in [0.3, 0.4) is 0 Å². The largest absolute Gasteiger partial charge is 0.497 e. The molecule has 0 unspecified atom stereocenters. The van der Waals surface area contributed by atoms with Crippen LogP contribution in [0.2, 0.25) is 0 Å². The molecule has 0 aliphatic rings. The van der Waals surface area contributed by atoms with Gasteiger partial charge in [0.05, 0.1) is 18.1 Å². The molecule has 3 aromatic carbocycles. The summed E-state index contributed by atoms with van der Waals surface area (Å²) in [5.41, 5.74) is 1.14. The lowest BCUT2D eigenvalue weighted by atomic mass is 10.1. The van der Waals surface area contributed by atoms with Crippen LogP contribution in [-0.4, -0.2) is 22.1 Å². The van der Waals surface area contributed by atoms with Gasteiger partial charge in [-0.2, -0.15) is 13.2 Å². The highest BCUT2D eigenvalue weighted by Crippen LogP contribution is 2.39. The first-order valence-corrected chi connectivity index (χ1v) is 13.2. The highest BCUT2D eigenvalue weighted by atomic mass is 32.2. The summed E-state index contributed by atoms with van der Waals surface area (Å²) in [5.74, 6) is -2.32. The summed E-state index contributed by atoms with van der Waals surface area (Å²) in [6.07, 6.45) is -4.48. The number of aromatic amines is 1.